The van der Waals surface area contributed by atoms with E-state index in [1.807, 2.05) is 0 Å². The molecule has 0 bridgehead atoms. The largest absolute Gasteiger partial charge is 0.351 e. The molecule has 1 N–H and O–H groups in total. The first kappa shape index (κ1) is 8.57. The number of carbonyl (C=O) groups excluding carboxylic acids is 1. The molecule has 0 aromatic rings. The SMILES string of the molecule is CC(C)C1CC(=O)NC1(C)C. The van der Waals surface area contributed by atoms with E-state index in [0.717, 1.165) is 0 Å². The van der Waals surface area contributed by atoms with Gasteiger partial charge < -0.3 is 5.32 Å². The molecule has 2 heteroatoms. The summed E-state index contributed by atoms with van der Waals surface area (Å²) in [6.45, 7) is 8.55. The van der Waals surface area contributed by atoms with Crippen molar-refractivity contribution in [3.63, 3.8) is 0 Å². The lowest BCUT2D eigenvalue weighted by molar-refractivity contribution is -0.119. The molecule has 64 valence electrons. The molecule has 0 aliphatic carbocycles. The second-order valence-electron chi connectivity index (χ2n) is 4.32. The molecule has 1 fully saturated rings. The Bertz CT molecular complexity index is 172. The molecule has 1 heterocycles. The zero-order chi connectivity index (χ0) is 8.65. The van der Waals surface area contributed by atoms with Gasteiger partial charge in [-0.2, -0.15) is 0 Å². The van der Waals surface area contributed by atoms with Crippen LogP contribution in [-0.2, 0) is 4.79 Å². The van der Waals surface area contributed by atoms with E-state index in [1.54, 1.807) is 0 Å². The summed E-state index contributed by atoms with van der Waals surface area (Å²) in [5, 5.41) is 2.99. The number of hydrogen-bond acceptors (Lipinski definition) is 1. The first-order valence-corrected chi connectivity index (χ1v) is 4.24. The molecule has 1 amide bonds. The third kappa shape index (κ3) is 1.55. The number of nitrogens with one attached hydrogen (secondary N) is 1. The van der Waals surface area contributed by atoms with Gasteiger partial charge >= 0.3 is 0 Å². The Hall–Kier alpha value is -0.530. The molecule has 0 aromatic heterocycles. The van der Waals surface area contributed by atoms with Crippen LogP contribution >= 0.6 is 0 Å². The monoisotopic (exact) mass is 155 g/mol. The zero-order valence-corrected chi connectivity index (χ0v) is 7.77. The van der Waals surface area contributed by atoms with Gasteiger partial charge in [0.05, 0.1) is 0 Å². The molecule has 1 saturated heterocycles. The summed E-state index contributed by atoms with van der Waals surface area (Å²) in [7, 11) is 0. The summed E-state index contributed by atoms with van der Waals surface area (Å²) in [5.41, 5.74) is 0.00521. The van der Waals surface area contributed by atoms with Crippen molar-refractivity contribution >= 4 is 5.91 Å². The van der Waals surface area contributed by atoms with Gasteiger partial charge in [0, 0.05) is 12.0 Å². The van der Waals surface area contributed by atoms with Gasteiger partial charge in [0.1, 0.15) is 0 Å². The Kier molecular flexibility index (Phi) is 1.95. The fourth-order valence-corrected chi connectivity index (χ4v) is 2.03. The lowest BCUT2D eigenvalue weighted by atomic mass is 9.81. The second-order valence-corrected chi connectivity index (χ2v) is 4.32. The van der Waals surface area contributed by atoms with E-state index in [2.05, 4.69) is 33.0 Å². The molecular formula is C9H17NO. The summed E-state index contributed by atoms with van der Waals surface area (Å²) in [6.07, 6.45) is 0.699. The van der Waals surface area contributed by atoms with Gasteiger partial charge in [-0.05, 0) is 25.7 Å². The van der Waals surface area contributed by atoms with Gasteiger partial charge in [-0.3, -0.25) is 4.79 Å². The van der Waals surface area contributed by atoms with E-state index in [9.17, 15) is 4.79 Å². The van der Waals surface area contributed by atoms with Gasteiger partial charge in [0.25, 0.3) is 0 Å². The minimum atomic E-state index is 0.00521. The number of carbonyl (C=O) groups is 1. The van der Waals surface area contributed by atoms with Crippen LogP contribution in [0.2, 0.25) is 0 Å². The number of hydrogen-bond donors (Lipinski definition) is 1. The van der Waals surface area contributed by atoms with Crippen LogP contribution in [0.15, 0.2) is 0 Å². The average Bonchev–Trinajstić information content (AvgIpc) is 2.04. The topological polar surface area (TPSA) is 29.1 Å². The maximum absolute atomic E-state index is 11.1. The molecule has 1 unspecified atom stereocenters. The highest BCUT2D eigenvalue weighted by Crippen LogP contribution is 2.32. The second kappa shape index (κ2) is 2.50. The molecule has 2 nitrogen and oxygen atoms in total. The Morgan fingerprint density at radius 1 is 1.55 bits per heavy atom. The highest BCUT2D eigenvalue weighted by atomic mass is 16.2. The van der Waals surface area contributed by atoms with E-state index in [4.69, 9.17) is 0 Å². The van der Waals surface area contributed by atoms with E-state index in [0.29, 0.717) is 18.3 Å². The highest BCUT2D eigenvalue weighted by Gasteiger charge is 2.40. The van der Waals surface area contributed by atoms with Gasteiger partial charge in [-0.15, -0.1) is 0 Å². The van der Waals surface area contributed by atoms with Crippen LogP contribution in [0.4, 0.5) is 0 Å². The Balaban J connectivity index is 2.74. The summed E-state index contributed by atoms with van der Waals surface area (Å²) >= 11 is 0. The maximum Gasteiger partial charge on any atom is 0.220 e. The van der Waals surface area contributed by atoms with Gasteiger partial charge in [0.15, 0.2) is 0 Å². The molecule has 0 saturated carbocycles. The molecule has 1 rings (SSSR count). The fourth-order valence-electron chi connectivity index (χ4n) is 2.03. The molecule has 0 spiro atoms. The minimum Gasteiger partial charge on any atom is -0.351 e. The summed E-state index contributed by atoms with van der Waals surface area (Å²) < 4.78 is 0. The van der Waals surface area contributed by atoms with Gasteiger partial charge in [-0.1, -0.05) is 13.8 Å². The van der Waals surface area contributed by atoms with Crippen molar-refractivity contribution in [3.05, 3.63) is 0 Å². The van der Waals surface area contributed by atoms with Crippen molar-refractivity contribution in [1.82, 2.24) is 5.32 Å². The van der Waals surface area contributed by atoms with E-state index >= 15 is 0 Å². The molecule has 11 heavy (non-hydrogen) atoms. The van der Waals surface area contributed by atoms with Crippen LogP contribution in [0.3, 0.4) is 0 Å². The van der Waals surface area contributed by atoms with Crippen molar-refractivity contribution in [2.75, 3.05) is 0 Å². The summed E-state index contributed by atoms with van der Waals surface area (Å²) in [5.74, 6) is 1.28. The lowest BCUT2D eigenvalue weighted by Crippen LogP contribution is -2.41. The molecule has 1 atom stereocenters. The van der Waals surface area contributed by atoms with Crippen LogP contribution in [-0.4, -0.2) is 11.4 Å². The predicted molar refractivity (Wildman–Crippen MR) is 45.2 cm³/mol. The summed E-state index contributed by atoms with van der Waals surface area (Å²) in [6, 6.07) is 0. The molecule has 0 radical (unpaired) electrons. The lowest BCUT2D eigenvalue weighted by Gasteiger charge is -2.29. The standard InChI is InChI=1S/C9H17NO/c1-6(2)7-5-8(11)10-9(7,3)4/h6-7H,5H2,1-4H3,(H,10,11). The summed E-state index contributed by atoms with van der Waals surface area (Å²) in [4.78, 5) is 11.1. The van der Waals surface area contributed by atoms with Crippen LogP contribution in [0.1, 0.15) is 34.1 Å². The van der Waals surface area contributed by atoms with Crippen LogP contribution in [0.5, 0.6) is 0 Å². The fraction of sp³-hybridized carbons (Fsp3) is 0.889. The van der Waals surface area contributed by atoms with E-state index in [-0.39, 0.29) is 11.4 Å². The third-order valence-electron chi connectivity index (χ3n) is 2.60. The molecule has 0 aromatic carbocycles. The van der Waals surface area contributed by atoms with Crippen LogP contribution < -0.4 is 5.32 Å². The van der Waals surface area contributed by atoms with E-state index in [1.165, 1.54) is 0 Å². The zero-order valence-electron chi connectivity index (χ0n) is 7.77. The molecule has 1 aliphatic heterocycles. The van der Waals surface area contributed by atoms with Crippen LogP contribution in [0.25, 0.3) is 0 Å². The highest BCUT2D eigenvalue weighted by molar-refractivity contribution is 5.79. The van der Waals surface area contributed by atoms with Crippen molar-refractivity contribution < 1.29 is 4.79 Å². The Morgan fingerprint density at radius 2 is 2.09 bits per heavy atom. The van der Waals surface area contributed by atoms with Crippen molar-refractivity contribution in [1.29, 1.82) is 0 Å². The number of amides is 1. The number of rotatable bonds is 1. The third-order valence-corrected chi connectivity index (χ3v) is 2.60. The van der Waals surface area contributed by atoms with Crippen molar-refractivity contribution in [2.45, 2.75) is 39.7 Å². The van der Waals surface area contributed by atoms with Crippen molar-refractivity contribution in [3.8, 4) is 0 Å². The van der Waals surface area contributed by atoms with Gasteiger partial charge in [-0.25, -0.2) is 0 Å². The smallest absolute Gasteiger partial charge is 0.220 e. The van der Waals surface area contributed by atoms with Crippen molar-refractivity contribution in [2.24, 2.45) is 11.8 Å². The first-order chi connectivity index (χ1) is 4.93. The minimum absolute atomic E-state index is 0.00521. The normalized spacial score (nSPS) is 29.2. The molecule has 1 aliphatic rings. The van der Waals surface area contributed by atoms with E-state index < -0.39 is 0 Å². The Morgan fingerprint density at radius 3 is 2.27 bits per heavy atom. The predicted octanol–water partition coefficient (Wildman–Crippen LogP) is 1.56. The first-order valence-electron chi connectivity index (χ1n) is 4.24. The molecular weight excluding hydrogens is 138 g/mol. The average molecular weight is 155 g/mol. The quantitative estimate of drug-likeness (QED) is 0.611. The maximum atomic E-state index is 11.1. The van der Waals surface area contributed by atoms with Crippen LogP contribution in [0, 0.1) is 11.8 Å². The Labute approximate surface area is 68.4 Å². The van der Waals surface area contributed by atoms with Gasteiger partial charge in [0.2, 0.25) is 5.91 Å².